The van der Waals surface area contributed by atoms with Crippen LogP contribution in [0.1, 0.15) is 34.1 Å². The minimum atomic E-state index is -0.0891. The molecule has 0 amide bonds. The number of nitrogens with zero attached hydrogens (tertiary/aromatic N) is 1. The van der Waals surface area contributed by atoms with Crippen molar-refractivity contribution in [3.63, 3.8) is 0 Å². The highest BCUT2D eigenvalue weighted by Gasteiger charge is 2.53. The van der Waals surface area contributed by atoms with Gasteiger partial charge in [0.1, 0.15) is 0 Å². The molecule has 0 aromatic carbocycles. The summed E-state index contributed by atoms with van der Waals surface area (Å²) in [6.45, 7) is 10.0. The normalized spacial score (nSPS) is 37.1. The van der Waals surface area contributed by atoms with Crippen molar-refractivity contribution in [3.05, 3.63) is 0 Å². The van der Waals surface area contributed by atoms with Gasteiger partial charge in [-0.1, -0.05) is 0 Å². The van der Waals surface area contributed by atoms with Gasteiger partial charge < -0.3 is 15.0 Å². The zero-order valence-corrected chi connectivity index (χ0v) is 14.1. The van der Waals surface area contributed by atoms with E-state index in [4.69, 9.17) is 4.74 Å². The average Bonchev–Trinajstić information content (AvgIpc) is 2.84. The Kier molecular flexibility index (Phi) is 4.56. The molecule has 2 saturated heterocycles. The fourth-order valence-electron chi connectivity index (χ4n) is 3.91. The van der Waals surface area contributed by atoms with E-state index < -0.39 is 0 Å². The lowest BCUT2D eigenvalue weighted by Crippen LogP contribution is -2.50. The van der Waals surface area contributed by atoms with E-state index in [0.29, 0.717) is 12.0 Å². The summed E-state index contributed by atoms with van der Waals surface area (Å²) in [5, 5.41) is 3.50. The Hall–Kier alpha value is 0.230. The maximum absolute atomic E-state index is 6.32. The number of hydrogen-bond acceptors (Lipinski definition) is 4. The van der Waals surface area contributed by atoms with Crippen molar-refractivity contribution < 1.29 is 4.74 Å². The lowest BCUT2D eigenvalue weighted by atomic mass is 9.82. The summed E-state index contributed by atoms with van der Waals surface area (Å²) in [4.78, 5) is 2.56. The molecule has 2 heterocycles. The Morgan fingerprint density at radius 2 is 1.95 bits per heavy atom. The molecule has 0 radical (unpaired) electrons. The molecule has 3 unspecified atom stereocenters. The maximum atomic E-state index is 6.32. The minimum Gasteiger partial charge on any atom is -0.368 e. The van der Waals surface area contributed by atoms with Gasteiger partial charge in [0.15, 0.2) is 0 Å². The van der Waals surface area contributed by atoms with E-state index in [1.807, 2.05) is 0 Å². The zero-order valence-electron chi connectivity index (χ0n) is 13.3. The summed E-state index contributed by atoms with van der Waals surface area (Å²) in [5.74, 6) is 3.14. The average molecular weight is 286 g/mol. The summed E-state index contributed by atoms with van der Waals surface area (Å²) in [7, 11) is 4.35. The van der Waals surface area contributed by atoms with Gasteiger partial charge in [-0.05, 0) is 54.0 Å². The van der Waals surface area contributed by atoms with Gasteiger partial charge in [0.25, 0.3) is 0 Å². The van der Waals surface area contributed by atoms with Crippen LogP contribution in [0.4, 0.5) is 0 Å². The van der Waals surface area contributed by atoms with Crippen molar-refractivity contribution in [1.82, 2.24) is 10.2 Å². The first kappa shape index (κ1) is 15.6. The van der Waals surface area contributed by atoms with Crippen LogP contribution in [0.5, 0.6) is 0 Å². The Morgan fingerprint density at radius 3 is 2.47 bits per heavy atom. The summed E-state index contributed by atoms with van der Waals surface area (Å²) < 4.78 is 6.32. The number of thioether (sulfide) groups is 1. The number of likely N-dealkylation sites (N-methyl/N-ethyl adjacent to an activating group) is 1. The van der Waals surface area contributed by atoms with Crippen LogP contribution >= 0.6 is 11.8 Å². The van der Waals surface area contributed by atoms with Gasteiger partial charge in [-0.25, -0.2) is 0 Å². The highest BCUT2D eigenvalue weighted by Crippen LogP contribution is 2.42. The molecule has 0 aromatic rings. The lowest BCUT2D eigenvalue weighted by Gasteiger charge is -2.35. The Labute approximate surface area is 122 Å². The monoisotopic (exact) mass is 286 g/mol. The predicted molar refractivity (Wildman–Crippen MR) is 83.9 cm³/mol. The summed E-state index contributed by atoms with van der Waals surface area (Å²) >= 11 is 2.09. The molecular weight excluding hydrogens is 256 g/mol. The molecule has 0 aromatic heterocycles. The molecule has 3 nitrogen and oxygen atoms in total. The van der Waals surface area contributed by atoms with Crippen LogP contribution in [-0.4, -0.2) is 60.3 Å². The summed E-state index contributed by atoms with van der Waals surface area (Å²) in [6, 6.07) is 1.17. The molecule has 0 saturated carbocycles. The van der Waals surface area contributed by atoms with Crippen molar-refractivity contribution in [2.45, 2.75) is 57.4 Å². The van der Waals surface area contributed by atoms with E-state index in [-0.39, 0.29) is 11.2 Å². The predicted octanol–water partition coefficient (Wildman–Crippen LogP) is 2.22. The Bertz CT molecular complexity index is 313. The van der Waals surface area contributed by atoms with Crippen LogP contribution in [0.15, 0.2) is 0 Å². The third-order valence-corrected chi connectivity index (χ3v) is 6.04. The molecule has 3 atom stereocenters. The van der Waals surface area contributed by atoms with Gasteiger partial charge in [0.2, 0.25) is 0 Å². The first-order chi connectivity index (χ1) is 8.78. The Balaban J connectivity index is 2.07. The summed E-state index contributed by atoms with van der Waals surface area (Å²) in [5.41, 5.74) is -0.147. The van der Waals surface area contributed by atoms with Crippen LogP contribution < -0.4 is 5.32 Å². The smallest absolute Gasteiger partial charge is 0.0790 e. The van der Waals surface area contributed by atoms with E-state index in [0.717, 1.165) is 12.6 Å². The zero-order chi connectivity index (χ0) is 14.3. The fourth-order valence-corrected chi connectivity index (χ4v) is 5.20. The second-order valence-electron chi connectivity index (χ2n) is 7.14. The molecule has 0 bridgehead atoms. The van der Waals surface area contributed by atoms with Gasteiger partial charge in [-0.3, -0.25) is 0 Å². The fraction of sp³-hybridized carbons (Fsp3) is 1.00. The molecule has 4 heteroatoms. The molecular formula is C15H30N2OS. The molecule has 2 aliphatic heterocycles. The standard InChI is InChI=1S/C15H30N2OS/c1-14(2)12(13(16-5)15(3,4)18-14)9-17(6)11-7-8-19-10-11/h11-13,16H,7-10H2,1-6H3. The van der Waals surface area contributed by atoms with E-state index in [1.165, 1.54) is 17.9 Å². The molecule has 0 aliphatic carbocycles. The summed E-state index contributed by atoms with van der Waals surface area (Å²) in [6.07, 6.45) is 1.34. The number of nitrogens with one attached hydrogen (secondary N) is 1. The number of ether oxygens (including phenoxy) is 1. The van der Waals surface area contributed by atoms with E-state index >= 15 is 0 Å². The number of hydrogen-bond donors (Lipinski definition) is 1. The van der Waals surface area contributed by atoms with Gasteiger partial charge in [-0.15, -0.1) is 0 Å². The van der Waals surface area contributed by atoms with Crippen LogP contribution in [0.25, 0.3) is 0 Å². The van der Waals surface area contributed by atoms with Gasteiger partial charge in [0, 0.05) is 30.3 Å². The van der Waals surface area contributed by atoms with Gasteiger partial charge >= 0.3 is 0 Å². The molecule has 2 aliphatic rings. The highest BCUT2D eigenvalue weighted by atomic mass is 32.2. The molecule has 112 valence electrons. The van der Waals surface area contributed by atoms with Crippen molar-refractivity contribution in [1.29, 1.82) is 0 Å². The largest absolute Gasteiger partial charge is 0.368 e. The molecule has 0 spiro atoms. The molecule has 2 rings (SSSR count). The SMILES string of the molecule is CNC1C(CN(C)C2CCSC2)C(C)(C)OC1(C)C. The van der Waals surface area contributed by atoms with Crippen molar-refractivity contribution in [2.75, 3.05) is 32.1 Å². The van der Waals surface area contributed by atoms with Gasteiger partial charge in [0.05, 0.1) is 11.2 Å². The third-order valence-electron chi connectivity index (χ3n) is 4.90. The maximum Gasteiger partial charge on any atom is 0.0790 e. The Morgan fingerprint density at radius 1 is 1.26 bits per heavy atom. The second kappa shape index (κ2) is 5.55. The topological polar surface area (TPSA) is 24.5 Å². The van der Waals surface area contributed by atoms with Crippen molar-refractivity contribution >= 4 is 11.8 Å². The first-order valence-corrected chi connectivity index (χ1v) is 8.59. The van der Waals surface area contributed by atoms with Crippen LogP contribution in [0.3, 0.4) is 0 Å². The van der Waals surface area contributed by atoms with E-state index in [9.17, 15) is 0 Å². The highest BCUT2D eigenvalue weighted by molar-refractivity contribution is 7.99. The minimum absolute atomic E-state index is 0.0583. The van der Waals surface area contributed by atoms with Crippen LogP contribution in [0, 0.1) is 5.92 Å². The van der Waals surface area contributed by atoms with E-state index in [1.54, 1.807) is 0 Å². The molecule has 1 N–H and O–H groups in total. The third kappa shape index (κ3) is 3.12. The van der Waals surface area contributed by atoms with Crippen LogP contribution in [0.2, 0.25) is 0 Å². The van der Waals surface area contributed by atoms with E-state index in [2.05, 4.69) is 63.8 Å². The van der Waals surface area contributed by atoms with Gasteiger partial charge in [-0.2, -0.15) is 11.8 Å². The second-order valence-corrected chi connectivity index (χ2v) is 8.29. The van der Waals surface area contributed by atoms with Crippen molar-refractivity contribution in [3.8, 4) is 0 Å². The quantitative estimate of drug-likeness (QED) is 0.856. The lowest BCUT2D eigenvalue weighted by molar-refractivity contribution is -0.0794. The molecule has 2 fully saturated rings. The number of rotatable bonds is 4. The molecule has 19 heavy (non-hydrogen) atoms. The van der Waals surface area contributed by atoms with Crippen LogP contribution in [-0.2, 0) is 4.74 Å². The first-order valence-electron chi connectivity index (χ1n) is 7.43. The van der Waals surface area contributed by atoms with Crippen molar-refractivity contribution in [2.24, 2.45) is 5.92 Å².